The van der Waals surface area contributed by atoms with E-state index in [0.717, 1.165) is 16.8 Å². The molecule has 1 aromatic rings. The Hall–Kier alpha value is -1.19. The van der Waals surface area contributed by atoms with E-state index in [0.29, 0.717) is 0 Å². The molecule has 7 nitrogen and oxygen atoms in total. The van der Waals surface area contributed by atoms with Gasteiger partial charge in [-0.2, -0.15) is 4.31 Å². The average molecular weight is 293 g/mol. The standard InChI is InChI=1S/C9H15N3O4S2/c1-12(5-6-17(2,13)14)18(15,16)9-7-11-4-3-8(9)10/h3-4,7H,5-6H2,1-2H3,(H2,10,11). The molecule has 1 rings (SSSR count). The van der Waals surface area contributed by atoms with Crippen LogP contribution in [0, 0.1) is 0 Å². The Labute approximate surface area is 107 Å². The number of hydrogen-bond donors (Lipinski definition) is 1. The molecule has 1 heterocycles. The van der Waals surface area contributed by atoms with E-state index in [1.54, 1.807) is 0 Å². The van der Waals surface area contributed by atoms with Gasteiger partial charge < -0.3 is 5.73 Å². The molecule has 0 atom stereocenters. The van der Waals surface area contributed by atoms with Gasteiger partial charge >= 0.3 is 0 Å². The van der Waals surface area contributed by atoms with Gasteiger partial charge in [0.15, 0.2) is 0 Å². The molecular weight excluding hydrogens is 278 g/mol. The number of pyridine rings is 1. The molecule has 0 saturated heterocycles. The van der Waals surface area contributed by atoms with Crippen molar-refractivity contribution < 1.29 is 16.8 Å². The number of aromatic nitrogens is 1. The van der Waals surface area contributed by atoms with E-state index >= 15 is 0 Å². The Balaban J connectivity index is 2.98. The third kappa shape index (κ3) is 3.65. The van der Waals surface area contributed by atoms with Crippen LogP contribution in [-0.2, 0) is 19.9 Å². The largest absolute Gasteiger partial charge is 0.398 e. The number of hydrogen-bond acceptors (Lipinski definition) is 6. The lowest BCUT2D eigenvalue weighted by Gasteiger charge is -2.17. The van der Waals surface area contributed by atoms with Crippen LogP contribution in [-0.4, -0.2) is 51.7 Å². The van der Waals surface area contributed by atoms with Crippen LogP contribution in [0.15, 0.2) is 23.4 Å². The summed E-state index contributed by atoms with van der Waals surface area (Å²) in [7, 11) is -5.74. The molecule has 102 valence electrons. The molecule has 0 aliphatic rings. The lowest BCUT2D eigenvalue weighted by atomic mass is 10.4. The first-order valence-corrected chi connectivity index (χ1v) is 8.48. The van der Waals surface area contributed by atoms with Crippen LogP contribution in [0.2, 0.25) is 0 Å². The molecule has 0 bridgehead atoms. The molecule has 0 aliphatic heterocycles. The smallest absolute Gasteiger partial charge is 0.246 e. The molecular formula is C9H15N3O4S2. The zero-order valence-electron chi connectivity index (χ0n) is 10.1. The van der Waals surface area contributed by atoms with Crippen molar-refractivity contribution in [1.29, 1.82) is 0 Å². The second kappa shape index (κ2) is 5.21. The van der Waals surface area contributed by atoms with Crippen LogP contribution in [0.3, 0.4) is 0 Å². The van der Waals surface area contributed by atoms with E-state index in [2.05, 4.69) is 4.98 Å². The maximum Gasteiger partial charge on any atom is 0.246 e. The van der Waals surface area contributed by atoms with Crippen LogP contribution in [0.25, 0.3) is 0 Å². The van der Waals surface area contributed by atoms with Gasteiger partial charge in [-0.15, -0.1) is 0 Å². The Kier molecular flexibility index (Phi) is 4.30. The van der Waals surface area contributed by atoms with Crippen molar-refractivity contribution in [2.24, 2.45) is 0 Å². The molecule has 1 aromatic heterocycles. The quantitative estimate of drug-likeness (QED) is 0.770. The number of nitrogen functional groups attached to an aromatic ring is 1. The van der Waals surface area contributed by atoms with E-state index < -0.39 is 19.9 Å². The molecule has 9 heteroatoms. The summed E-state index contributed by atoms with van der Waals surface area (Å²) < 4.78 is 47.1. The Morgan fingerprint density at radius 1 is 1.33 bits per heavy atom. The predicted molar refractivity (Wildman–Crippen MR) is 68.2 cm³/mol. The van der Waals surface area contributed by atoms with E-state index in [-0.39, 0.29) is 22.9 Å². The van der Waals surface area contributed by atoms with Gasteiger partial charge in [0, 0.05) is 32.2 Å². The van der Waals surface area contributed by atoms with Crippen molar-refractivity contribution in [2.75, 3.05) is 31.3 Å². The minimum Gasteiger partial charge on any atom is -0.398 e. The molecule has 0 aliphatic carbocycles. The predicted octanol–water partition coefficient (Wildman–Crippen LogP) is -0.671. The summed E-state index contributed by atoms with van der Waals surface area (Å²) in [6.07, 6.45) is 3.57. The average Bonchev–Trinajstić information content (AvgIpc) is 2.25. The van der Waals surface area contributed by atoms with Gasteiger partial charge in [-0.05, 0) is 6.07 Å². The maximum absolute atomic E-state index is 12.1. The number of nitrogens with zero attached hydrogens (tertiary/aromatic N) is 2. The fourth-order valence-corrected chi connectivity index (χ4v) is 3.14. The molecule has 0 unspecified atom stereocenters. The van der Waals surface area contributed by atoms with Gasteiger partial charge in [-0.25, -0.2) is 16.8 Å². The highest BCUT2D eigenvalue weighted by Crippen LogP contribution is 2.19. The Morgan fingerprint density at radius 2 is 1.94 bits per heavy atom. The molecule has 2 N–H and O–H groups in total. The minimum absolute atomic E-state index is 0.0798. The summed E-state index contributed by atoms with van der Waals surface area (Å²) >= 11 is 0. The highest BCUT2D eigenvalue weighted by Gasteiger charge is 2.24. The first-order valence-electron chi connectivity index (χ1n) is 4.98. The lowest BCUT2D eigenvalue weighted by Crippen LogP contribution is -2.32. The fraction of sp³-hybridized carbons (Fsp3) is 0.444. The first kappa shape index (κ1) is 14.9. The van der Waals surface area contributed by atoms with Gasteiger partial charge in [0.25, 0.3) is 0 Å². The molecule has 0 radical (unpaired) electrons. The first-order chi connectivity index (χ1) is 8.14. The molecule has 0 fully saturated rings. The van der Waals surface area contributed by atoms with Gasteiger partial charge in [-0.3, -0.25) is 4.98 Å². The van der Waals surface area contributed by atoms with Crippen molar-refractivity contribution in [3.05, 3.63) is 18.5 Å². The SMILES string of the molecule is CN(CCS(C)(=O)=O)S(=O)(=O)c1cnccc1N. The van der Waals surface area contributed by atoms with Gasteiger partial charge in [0.1, 0.15) is 14.7 Å². The van der Waals surface area contributed by atoms with Crippen molar-refractivity contribution in [1.82, 2.24) is 9.29 Å². The van der Waals surface area contributed by atoms with Crippen LogP contribution in [0.5, 0.6) is 0 Å². The van der Waals surface area contributed by atoms with Crippen molar-refractivity contribution in [3.8, 4) is 0 Å². The van der Waals surface area contributed by atoms with E-state index in [1.165, 1.54) is 19.3 Å². The molecule has 0 amide bonds. The molecule has 18 heavy (non-hydrogen) atoms. The Bertz CT molecular complexity index is 625. The second-order valence-corrected chi connectivity index (χ2v) is 8.14. The second-order valence-electron chi connectivity index (χ2n) is 3.87. The number of sulfone groups is 1. The fourth-order valence-electron chi connectivity index (χ4n) is 1.19. The van der Waals surface area contributed by atoms with Crippen molar-refractivity contribution >= 4 is 25.5 Å². The monoisotopic (exact) mass is 293 g/mol. The summed E-state index contributed by atoms with van der Waals surface area (Å²) in [5.41, 5.74) is 5.64. The van der Waals surface area contributed by atoms with Gasteiger partial charge in [0.2, 0.25) is 10.0 Å². The van der Waals surface area contributed by atoms with E-state index in [1.807, 2.05) is 0 Å². The zero-order valence-corrected chi connectivity index (χ0v) is 11.7. The normalized spacial score (nSPS) is 12.8. The van der Waals surface area contributed by atoms with E-state index in [9.17, 15) is 16.8 Å². The third-order valence-electron chi connectivity index (χ3n) is 2.28. The zero-order chi connectivity index (χ0) is 14.0. The number of anilines is 1. The number of nitrogens with two attached hydrogens (primary N) is 1. The van der Waals surface area contributed by atoms with Crippen molar-refractivity contribution in [2.45, 2.75) is 4.90 Å². The third-order valence-corrected chi connectivity index (χ3v) is 5.11. The summed E-state index contributed by atoms with van der Waals surface area (Å²) in [4.78, 5) is 3.57. The lowest BCUT2D eigenvalue weighted by molar-refractivity contribution is 0.485. The summed E-state index contributed by atoms with van der Waals surface area (Å²) in [6.45, 7) is -0.129. The van der Waals surface area contributed by atoms with Crippen LogP contribution < -0.4 is 5.73 Å². The summed E-state index contributed by atoms with van der Waals surface area (Å²) in [6, 6.07) is 1.37. The number of sulfonamides is 1. The highest BCUT2D eigenvalue weighted by molar-refractivity contribution is 7.91. The summed E-state index contributed by atoms with van der Waals surface area (Å²) in [5.74, 6) is -0.247. The van der Waals surface area contributed by atoms with Gasteiger partial charge in [0.05, 0.1) is 11.4 Å². The number of rotatable bonds is 5. The maximum atomic E-state index is 12.1. The van der Waals surface area contributed by atoms with E-state index in [4.69, 9.17) is 5.73 Å². The minimum atomic E-state index is -3.81. The Morgan fingerprint density at radius 3 is 2.44 bits per heavy atom. The van der Waals surface area contributed by atoms with Crippen LogP contribution in [0.1, 0.15) is 0 Å². The topological polar surface area (TPSA) is 110 Å². The summed E-state index contributed by atoms with van der Waals surface area (Å²) in [5, 5.41) is 0. The van der Waals surface area contributed by atoms with Crippen molar-refractivity contribution in [3.63, 3.8) is 0 Å². The highest BCUT2D eigenvalue weighted by atomic mass is 32.2. The molecule has 0 aromatic carbocycles. The van der Waals surface area contributed by atoms with Crippen LogP contribution in [0.4, 0.5) is 5.69 Å². The molecule has 0 saturated carbocycles. The van der Waals surface area contributed by atoms with Crippen LogP contribution >= 0.6 is 0 Å². The van der Waals surface area contributed by atoms with Gasteiger partial charge in [-0.1, -0.05) is 0 Å². The molecule has 0 spiro atoms.